The molecule has 4 nitrogen and oxygen atoms in total. The molecule has 0 spiro atoms. The molecule has 2 aromatic rings. The second-order valence-electron chi connectivity index (χ2n) is 7.44. The van der Waals surface area contributed by atoms with E-state index in [9.17, 15) is 9.59 Å². The van der Waals surface area contributed by atoms with Crippen LogP contribution in [0.15, 0.2) is 66.9 Å². The van der Waals surface area contributed by atoms with Crippen LogP contribution >= 0.6 is 0 Å². The molecule has 2 aromatic carbocycles. The number of piperidine rings is 1. The minimum atomic E-state index is -0.167. The number of amides is 2. The number of rotatable bonds is 6. The summed E-state index contributed by atoms with van der Waals surface area (Å²) in [5, 5.41) is 2.82. The van der Waals surface area contributed by atoms with E-state index >= 15 is 0 Å². The predicted molar refractivity (Wildman–Crippen MR) is 112 cm³/mol. The van der Waals surface area contributed by atoms with Gasteiger partial charge in [0.15, 0.2) is 0 Å². The number of likely N-dealkylation sites (tertiary alicyclic amines) is 1. The van der Waals surface area contributed by atoms with Gasteiger partial charge < -0.3 is 10.2 Å². The van der Waals surface area contributed by atoms with Gasteiger partial charge in [-0.05, 0) is 49.3 Å². The summed E-state index contributed by atoms with van der Waals surface area (Å²) in [5.41, 5.74) is 3.51. The summed E-state index contributed by atoms with van der Waals surface area (Å²) < 4.78 is 0. The van der Waals surface area contributed by atoms with Crippen LogP contribution in [0.25, 0.3) is 0 Å². The van der Waals surface area contributed by atoms with Crippen LogP contribution < -0.4 is 5.32 Å². The zero-order valence-electron chi connectivity index (χ0n) is 16.5. The van der Waals surface area contributed by atoms with Crippen LogP contribution in [0.3, 0.4) is 0 Å². The van der Waals surface area contributed by atoms with Crippen molar-refractivity contribution in [1.82, 2.24) is 10.2 Å². The highest BCUT2D eigenvalue weighted by atomic mass is 16.2. The van der Waals surface area contributed by atoms with E-state index in [0.29, 0.717) is 30.0 Å². The molecule has 0 radical (unpaired) electrons. The van der Waals surface area contributed by atoms with Crippen LogP contribution in [0.4, 0.5) is 0 Å². The first-order chi connectivity index (χ1) is 13.5. The summed E-state index contributed by atoms with van der Waals surface area (Å²) in [6.07, 6.45) is 2.85. The monoisotopic (exact) mass is 376 g/mol. The van der Waals surface area contributed by atoms with E-state index in [-0.39, 0.29) is 11.8 Å². The third-order valence-corrected chi connectivity index (χ3v) is 5.44. The lowest BCUT2D eigenvalue weighted by atomic mass is 9.89. The van der Waals surface area contributed by atoms with Crippen molar-refractivity contribution in [2.45, 2.75) is 38.5 Å². The zero-order chi connectivity index (χ0) is 19.9. The highest BCUT2D eigenvalue weighted by Crippen LogP contribution is 2.28. The Bertz CT molecular complexity index is 837. The van der Waals surface area contributed by atoms with Gasteiger partial charge in [-0.15, -0.1) is 0 Å². The van der Waals surface area contributed by atoms with Gasteiger partial charge in [-0.2, -0.15) is 0 Å². The van der Waals surface area contributed by atoms with Crippen molar-refractivity contribution in [3.05, 3.63) is 83.6 Å². The number of hydrogen-bond donors (Lipinski definition) is 1. The average Bonchev–Trinajstić information content (AvgIpc) is 2.73. The van der Waals surface area contributed by atoms with E-state index in [2.05, 4.69) is 36.2 Å². The molecule has 1 N–H and O–H groups in total. The van der Waals surface area contributed by atoms with Crippen LogP contribution in [-0.4, -0.2) is 29.8 Å². The number of aryl methyl sites for hydroxylation is 1. The van der Waals surface area contributed by atoms with Crippen molar-refractivity contribution in [1.29, 1.82) is 0 Å². The standard InChI is InChI=1S/C24H28N2O2/c1-18-8-6-7-11-22(18)24(28)25-19(2)12-13-23(27)26-16-14-21(15-17-26)20-9-4-3-5-10-20/h3-11,21H,2,12-17H2,1H3,(H,25,28). The van der Waals surface area contributed by atoms with Gasteiger partial charge in [-0.3, -0.25) is 9.59 Å². The van der Waals surface area contributed by atoms with Gasteiger partial charge >= 0.3 is 0 Å². The molecule has 146 valence electrons. The van der Waals surface area contributed by atoms with Gasteiger partial charge in [-0.1, -0.05) is 55.1 Å². The first-order valence-electron chi connectivity index (χ1n) is 9.92. The van der Waals surface area contributed by atoms with E-state index in [0.717, 1.165) is 31.5 Å². The maximum Gasteiger partial charge on any atom is 0.255 e. The molecule has 0 bridgehead atoms. The smallest absolute Gasteiger partial charge is 0.255 e. The van der Waals surface area contributed by atoms with Gasteiger partial charge in [0.2, 0.25) is 5.91 Å². The zero-order valence-corrected chi connectivity index (χ0v) is 16.5. The summed E-state index contributed by atoms with van der Waals surface area (Å²) in [5.74, 6) is 0.505. The fourth-order valence-electron chi connectivity index (χ4n) is 3.72. The fourth-order valence-corrected chi connectivity index (χ4v) is 3.72. The Balaban J connectivity index is 1.42. The third-order valence-electron chi connectivity index (χ3n) is 5.44. The van der Waals surface area contributed by atoms with Gasteiger partial charge in [0.1, 0.15) is 0 Å². The average molecular weight is 377 g/mol. The Morgan fingerprint density at radius 2 is 1.64 bits per heavy atom. The Morgan fingerprint density at radius 3 is 2.32 bits per heavy atom. The van der Waals surface area contributed by atoms with Crippen molar-refractivity contribution in [2.24, 2.45) is 0 Å². The predicted octanol–water partition coefficient (Wildman–Crippen LogP) is 4.42. The Hall–Kier alpha value is -2.88. The summed E-state index contributed by atoms with van der Waals surface area (Å²) in [6, 6.07) is 18.0. The number of carbonyl (C=O) groups is 2. The van der Waals surface area contributed by atoms with E-state index in [4.69, 9.17) is 0 Å². The lowest BCUT2D eigenvalue weighted by Crippen LogP contribution is -2.38. The van der Waals surface area contributed by atoms with E-state index in [1.54, 1.807) is 6.07 Å². The van der Waals surface area contributed by atoms with Crippen molar-refractivity contribution in [2.75, 3.05) is 13.1 Å². The topological polar surface area (TPSA) is 49.4 Å². The van der Waals surface area contributed by atoms with E-state index < -0.39 is 0 Å². The highest BCUT2D eigenvalue weighted by molar-refractivity contribution is 5.96. The largest absolute Gasteiger partial charge is 0.343 e. The maximum atomic E-state index is 12.5. The second kappa shape index (κ2) is 9.36. The first-order valence-corrected chi connectivity index (χ1v) is 9.92. The molecule has 0 aromatic heterocycles. The third kappa shape index (κ3) is 5.10. The molecular weight excluding hydrogens is 348 g/mol. The van der Waals surface area contributed by atoms with Crippen molar-refractivity contribution >= 4 is 11.8 Å². The van der Waals surface area contributed by atoms with Crippen molar-refractivity contribution < 1.29 is 9.59 Å². The SMILES string of the molecule is C=C(CCC(=O)N1CCC(c2ccccc2)CC1)NC(=O)c1ccccc1C. The molecule has 3 rings (SSSR count). The molecule has 1 aliphatic rings. The molecule has 4 heteroatoms. The quantitative estimate of drug-likeness (QED) is 0.811. The summed E-state index contributed by atoms with van der Waals surface area (Å²) in [4.78, 5) is 26.8. The first kappa shape index (κ1) is 19.9. The minimum Gasteiger partial charge on any atom is -0.343 e. The molecule has 2 amide bonds. The molecule has 1 aliphatic heterocycles. The number of nitrogens with zero attached hydrogens (tertiary/aromatic N) is 1. The minimum absolute atomic E-state index is 0.137. The summed E-state index contributed by atoms with van der Waals surface area (Å²) in [6.45, 7) is 7.40. The fraction of sp³-hybridized carbons (Fsp3) is 0.333. The molecule has 0 saturated carbocycles. The van der Waals surface area contributed by atoms with Gasteiger partial charge in [0, 0.05) is 30.8 Å². The Morgan fingerprint density at radius 1 is 1.00 bits per heavy atom. The lowest BCUT2D eigenvalue weighted by Gasteiger charge is -2.32. The van der Waals surface area contributed by atoms with Gasteiger partial charge in [0.25, 0.3) is 5.91 Å². The Kier molecular flexibility index (Phi) is 6.64. The Labute approximate surface area is 167 Å². The number of benzene rings is 2. The molecule has 28 heavy (non-hydrogen) atoms. The number of carbonyl (C=O) groups excluding carboxylic acids is 2. The molecule has 1 heterocycles. The van der Waals surface area contributed by atoms with Crippen LogP contribution in [0, 0.1) is 6.92 Å². The van der Waals surface area contributed by atoms with Crippen LogP contribution in [0.5, 0.6) is 0 Å². The van der Waals surface area contributed by atoms with Crippen molar-refractivity contribution in [3.8, 4) is 0 Å². The molecule has 1 saturated heterocycles. The number of nitrogens with one attached hydrogen (secondary N) is 1. The molecule has 0 atom stereocenters. The van der Waals surface area contributed by atoms with Gasteiger partial charge in [-0.25, -0.2) is 0 Å². The normalized spacial score (nSPS) is 14.5. The maximum absolute atomic E-state index is 12.5. The van der Waals surface area contributed by atoms with Gasteiger partial charge in [0.05, 0.1) is 0 Å². The van der Waals surface area contributed by atoms with Crippen LogP contribution in [0.1, 0.15) is 53.1 Å². The lowest BCUT2D eigenvalue weighted by molar-refractivity contribution is -0.132. The molecule has 0 unspecified atom stereocenters. The second-order valence-corrected chi connectivity index (χ2v) is 7.44. The summed E-state index contributed by atoms with van der Waals surface area (Å²) in [7, 11) is 0. The number of allylic oxidation sites excluding steroid dienone is 1. The molecule has 1 fully saturated rings. The number of hydrogen-bond acceptors (Lipinski definition) is 2. The van der Waals surface area contributed by atoms with E-state index in [1.165, 1.54) is 5.56 Å². The summed E-state index contributed by atoms with van der Waals surface area (Å²) >= 11 is 0. The van der Waals surface area contributed by atoms with Crippen molar-refractivity contribution in [3.63, 3.8) is 0 Å². The highest BCUT2D eigenvalue weighted by Gasteiger charge is 2.23. The molecule has 0 aliphatic carbocycles. The van der Waals surface area contributed by atoms with Crippen LogP contribution in [0.2, 0.25) is 0 Å². The van der Waals surface area contributed by atoms with E-state index in [1.807, 2.05) is 36.1 Å². The molecular formula is C24H28N2O2. The van der Waals surface area contributed by atoms with Crippen LogP contribution in [-0.2, 0) is 4.79 Å².